The summed E-state index contributed by atoms with van der Waals surface area (Å²) in [6.45, 7) is 0.681. The molecule has 4 heteroatoms. The molecule has 0 atom stereocenters. The van der Waals surface area contributed by atoms with Crippen molar-refractivity contribution in [3.63, 3.8) is 0 Å². The van der Waals surface area contributed by atoms with Crippen LogP contribution in [0.5, 0.6) is 0 Å². The first-order valence-electron chi connectivity index (χ1n) is 4.37. The number of aromatic nitrogens is 1. The van der Waals surface area contributed by atoms with Crippen molar-refractivity contribution in [1.29, 1.82) is 0 Å². The van der Waals surface area contributed by atoms with E-state index >= 15 is 0 Å². The maximum absolute atomic E-state index is 5.54. The van der Waals surface area contributed by atoms with Gasteiger partial charge in [-0.1, -0.05) is 0 Å². The van der Waals surface area contributed by atoms with Gasteiger partial charge in [0.1, 0.15) is 0 Å². The third-order valence-electron chi connectivity index (χ3n) is 2.22. The average Bonchev–Trinajstić information content (AvgIpc) is 2.51. The number of nitrogens with one attached hydrogen (secondary N) is 1. The van der Waals surface area contributed by atoms with Crippen molar-refractivity contribution in [3.8, 4) is 0 Å². The van der Waals surface area contributed by atoms with E-state index in [9.17, 15) is 0 Å². The minimum atomic E-state index is 0.681. The minimum absolute atomic E-state index is 0.681. The van der Waals surface area contributed by atoms with Crippen LogP contribution in [0.25, 0.3) is 10.9 Å². The van der Waals surface area contributed by atoms with Crippen LogP contribution in [0.3, 0.4) is 0 Å². The lowest BCUT2D eigenvalue weighted by molar-refractivity contribution is 0.976. The second-order valence-electron chi connectivity index (χ2n) is 3.16. The third kappa shape index (κ3) is 1.74. The van der Waals surface area contributed by atoms with Crippen LogP contribution in [0.15, 0.2) is 27.3 Å². The lowest BCUT2D eigenvalue weighted by Crippen LogP contribution is -2.01. The lowest BCUT2D eigenvalue weighted by atomic mass is 10.1. The second-order valence-corrected chi connectivity index (χ2v) is 4.87. The number of H-pyrrole nitrogens is 1. The molecule has 0 fully saturated rings. The Bertz CT molecular complexity index is 462. The van der Waals surface area contributed by atoms with Crippen molar-refractivity contribution < 1.29 is 0 Å². The van der Waals surface area contributed by atoms with Crippen molar-refractivity contribution in [1.82, 2.24) is 4.98 Å². The van der Waals surface area contributed by atoms with Gasteiger partial charge in [-0.3, -0.25) is 0 Å². The van der Waals surface area contributed by atoms with Crippen LogP contribution in [0.1, 0.15) is 5.56 Å². The number of halogens is 2. The topological polar surface area (TPSA) is 41.8 Å². The van der Waals surface area contributed by atoms with Gasteiger partial charge in [-0.05, 0) is 62.5 Å². The molecule has 0 spiro atoms. The van der Waals surface area contributed by atoms with Gasteiger partial charge in [-0.2, -0.15) is 0 Å². The molecule has 0 radical (unpaired) electrons. The zero-order chi connectivity index (χ0) is 10.1. The van der Waals surface area contributed by atoms with Crippen molar-refractivity contribution in [2.45, 2.75) is 6.42 Å². The molecule has 0 aliphatic carbocycles. The molecule has 1 aromatic carbocycles. The normalized spacial score (nSPS) is 11.1. The summed E-state index contributed by atoms with van der Waals surface area (Å²) in [6, 6.07) is 4.18. The summed E-state index contributed by atoms with van der Waals surface area (Å²) in [7, 11) is 0. The molecule has 0 bridgehead atoms. The molecule has 0 saturated carbocycles. The number of nitrogens with two attached hydrogens (primary N) is 1. The van der Waals surface area contributed by atoms with E-state index < -0.39 is 0 Å². The molecular formula is C10H10Br2N2. The summed E-state index contributed by atoms with van der Waals surface area (Å²) in [5.41, 5.74) is 7.96. The highest BCUT2D eigenvalue weighted by atomic mass is 79.9. The quantitative estimate of drug-likeness (QED) is 0.877. The number of hydrogen-bond acceptors (Lipinski definition) is 1. The van der Waals surface area contributed by atoms with Crippen LogP contribution < -0.4 is 5.73 Å². The van der Waals surface area contributed by atoms with Gasteiger partial charge < -0.3 is 10.7 Å². The van der Waals surface area contributed by atoms with E-state index in [0.29, 0.717) is 6.54 Å². The van der Waals surface area contributed by atoms with Gasteiger partial charge in [0.2, 0.25) is 0 Å². The highest BCUT2D eigenvalue weighted by Crippen LogP contribution is 2.29. The predicted molar refractivity (Wildman–Crippen MR) is 66.5 cm³/mol. The third-order valence-corrected chi connectivity index (χ3v) is 4.07. The number of rotatable bonds is 2. The van der Waals surface area contributed by atoms with E-state index in [4.69, 9.17) is 5.73 Å². The Hall–Kier alpha value is -0.320. The second kappa shape index (κ2) is 4.04. The zero-order valence-electron chi connectivity index (χ0n) is 7.48. The van der Waals surface area contributed by atoms with E-state index in [0.717, 1.165) is 20.9 Å². The van der Waals surface area contributed by atoms with Gasteiger partial charge in [0.05, 0.1) is 0 Å². The SMILES string of the molecule is NCCc1c[nH]c2cc(Br)c(Br)cc12. The van der Waals surface area contributed by atoms with E-state index in [-0.39, 0.29) is 0 Å². The Balaban J connectivity index is 2.61. The largest absolute Gasteiger partial charge is 0.361 e. The predicted octanol–water partition coefficient (Wildman–Crippen LogP) is 3.19. The maximum Gasteiger partial charge on any atom is 0.0468 e. The average molecular weight is 318 g/mol. The van der Waals surface area contributed by atoms with E-state index in [1.54, 1.807) is 0 Å². The molecule has 0 amide bonds. The lowest BCUT2D eigenvalue weighted by Gasteiger charge is -1.99. The van der Waals surface area contributed by atoms with Gasteiger partial charge in [0, 0.05) is 26.0 Å². The van der Waals surface area contributed by atoms with E-state index in [2.05, 4.69) is 49.0 Å². The molecule has 3 N–H and O–H groups in total. The van der Waals surface area contributed by atoms with Crippen LogP contribution >= 0.6 is 31.9 Å². The number of benzene rings is 1. The van der Waals surface area contributed by atoms with Gasteiger partial charge >= 0.3 is 0 Å². The van der Waals surface area contributed by atoms with Gasteiger partial charge in [-0.15, -0.1) is 0 Å². The number of fused-ring (bicyclic) bond motifs is 1. The fraction of sp³-hybridized carbons (Fsp3) is 0.200. The molecule has 14 heavy (non-hydrogen) atoms. The van der Waals surface area contributed by atoms with Crippen molar-refractivity contribution >= 4 is 42.8 Å². The van der Waals surface area contributed by atoms with Gasteiger partial charge in [0.15, 0.2) is 0 Å². The summed E-state index contributed by atoms with van der Waals surface area (Å²) < 4.78 is 2.13. The van der Waals surface area contributed by atoms with E-state index in [1.807, 2.05) is 6.20 Å². The number of hydrogen-bond donors (Lipinski definition) is 2. The first-order chi connectivity index (χ1) is 6.72. The monoisotopic (exact) mass is 316 g/mol. The molecule has 0 aliphatic heterocycles. The highest BCUT2D eigenvalue weighted by molar-refractivity contribution is 9.13. The minimum Gasteiger partial charge on any atom is -0.361 e. The van der Waals surface area contributed by atoms with Gasteiger partial charge in [0.25, 0.3) is 0 Å². The van der Waals surface area contributed by atoms with Crippen LogP contribution in [-0.2, 0) is 6.42 Å². The zero-order valence-corrected chi connectivity index (χ0v) is 10.7. The summed E-state index contributed by atoms with van der Waals surface area (Å²) in [4.78, 5) is 3.23. The molecule has 74 valence electrons. The van der Waals surface area contributed by atoms with Crippen molar-refractivity contribution in [2.75, 3.05) is 6.54 Å². The summed E-state index contributed by atoms with van der Waals surface area (Å²) >= 11 is 6.97. The van der Waals surface area contributed by atoms with Crippen LogP contribution in [0, 0.1) is 0 Å². The Kier molecular flexibility index (Phi) is 2.95. The van der Waals surface area contributed by atoms with Crippen LogP contribution in [0.2, 0.25) is 0 Å². The molecule has 0 saturated heterocycles. The van der Waals surface area contributed by atoms with Crippen molar-refractivity contribution in [2.24, 2.45) is 5.73 Å². The van der Waals surface area contributed by atoms with Crippen LogP contribution in [-0.4, -0.2) is 11.5 Å². The maximum atomic E-state index is 5.54. The molecule has 1 heterocycles. The Labute approximate surface area is 99.1 Å². The molecule has 0 aliphatic rings. The molecule has 2 aromatic rings. The summed E-state index contributed by atoms with van der Waals surface area (Å²) in [6.07, 6.45) is 2.93. The fourth-order valence-electron chi connectivity index (χ4n) is 1.54. The molecule has 1 aromatic heterocycles. The standard InChI is InChI=1S/C10H10Br2N2/c11-8-3-7-6(1-2-13)5-14-10(7)4-9(8)12/h3-5,14H,1-2,13H2. The fourth-order valence-corrected chi connectivity index (χ4v) is 2.22. The summed E-state index contributed by atoms with van der Waals surface area (Å²) in [5.74, 6) is 0. The van der Waals surface area contributed by atoms with E-state index in [1.165, 1.54) is 10.9 Å². The van der Waals surface area contributed by atoms with Crippen LogP contribution in [0.4, 0.5) is 0 Å². The van der Waals surface area contributed by atoms with Crippen molar-refractivity contribution in [3.05, 3.63) is 32.8 Å². The number of aromatic amines is 1. The molecule has 0 unspecified atom stereocenters. The Morgan fingerprint density at radius 3 is 2.64 bits per heavy atom. The van der Waals surface area contributed by atoms with Gasteiger partial charge in [-0.25, -0.2) is 0 Å². The first kappa shape index (κ1) is 10.2. The molecule has 2 rings (SSSR count). The molecular weight excluding hydrogens is 308 g/mol. The summed E-state index contributed by atoms with van der Waals surface area (Å²) in [5, 5.41) is 1.24. The molecule has 2 nitrogen and oxygen atoms in total. The highest BCUT2D eigenvalue weighted by Gasteiger charge is 2.05. The Morgan fingerprint density at radius 1 is 1.21 bits per heavy atom. The Morgan fingerprint density at radius 2 is 1.93 bits per heavy atom. The smallest absolute Gasteiger partial charge is 0.0468 e. The first-order valence-corrected chi connectivity index (χ1v) is 5.96.